The van der Waals surface area contributed by atoms with E-state index in [0.29, 0.717) is 38.8 Å². The first-order valence-electron chi connectivity index (χ1n) is 10.1. The number of rotatable bonds is 8. The summed E-state index contributed by atoms with van der Waals surface area (Å²) in [6.45, 7) is 4.61. The van der Waals surface area contributed by atoms with E-state index in [9.17, 15) is 26.4 Å². The molecule has 2 heterocycles. The highest BCUT2D eigenvalue weighted by molar-refractivity contribution is 7.91. The molecular weight excluding hydrogens is 404 g/mol. The molecule has 2 aliphatic rings. The molecule has 2 rings (SSSR count). The SMILES string of the molecule is CCCCN(C(=O)C(=O)N(CCCC)[C@H]1CCS(=O)(=O)C1)[C@H]1CCS(=O)(=O)C1. The van der Waals surface area contributed by atoms with Crippen molar-refractivity contribution < 1.29 is 26.4 Å². The van der Waals surface area contributed by atoms with E-state index in [1.165, 1.54) is 9.80 Å². The monoisotopic (exact) mass is 436 g/mol. The summed E-state index contributed by atoms with van der Waals surface area (Å²) in [6, 6.07) is -0.957. The van der Waals surface area contributed by atoms with Crippen LogP contribution in [0.15, 0.2) is 0 Å². The minimum atomic E-state index is -3.19. The molecule has 0 aliphatic carbocycles. The van der Waals surface area contributed by atoms with Crippen molar-refractivity contribution in [3.8, 4) is 0 Å². The molecule has 0 saturated carbocycles. The van der Waals surface area contributed by atoms with Crippen LogP contribution >= 0.6 is 0 Å². The predicted octanol–water partition coefficient (Wildman–Crippen LogP) is 0.618. The second-order valence-corrected chi connectivity index (χ2v) is 12.3. The van der Waals surface area contributed by atoms with Crippen LogP contribution in [0.1, 0.15) is 52.4 Å². The van der Waals surface area contributed by atoms with E-state index in [1.54, 1.807) is 0 Å². The van der Waals surface area contributed by atoms with E-state index in [4.69, 9.17) is 0 Å². The Hall–Kier alpha value is -1.16. The molecule has 2 atom stereocenters. The number of hydrogen-bond acceptors (Lipinski definition) is 6. The van der Waals surface area contributed by atoms with E-state index < -0.39 is 43.6 Å². The van der Waals surface area contributed by atoms with Crippen LogP contribution in [0.3, 0.4) is 0 Å². The average Bonchev–Trinajstić information content (AvgIpc) is 3.16. The number of unbranched alkanes of at least 4 members (excludes halogenated alkanes) is 2. The van der Waals surface area contributed by atoms with Crippen LogP contribution in [0.25, 0.3) is 0 Å². The van der Waals surface area contributed by atoms with Gasteiger partial charge >= 0.3 is 11.8 Å². The van der Waals surface area contributed by atoms with Crippen LogP contribution in [-0.4, -0.2) is 86.6 Å². The van der Waals surface area contributed by atoms with Gasteiger partial charge in [0, 0.05) is 25.2 Å². The minimum Gasteiger partial charge on any atom is -0.330 e. The van der Waals surface area contributed by atoms with Crippen LogP contribution in [-0.2, 0) is 29.3 Å². The molecule has 0 spiro atoms. The lowest BCUT2D eigenvalue weighted by Crippen LogP contribution is -2.53. The Bertz CT molecular complexity index is 712. The summed E-state index contributed by atoms with van der Waals surface area (Å²) in [5.41, 5.74) is 0. The number of amides is 2. The van der Waals surface area contributed by atoms with Gasteiger partial charge in [-0.25, -0.2) is 16.8 Å². The number of carbonyl (C=O) groups is 2. The molecule has 10 heteroatoms. The molecule has 0 N–H and O–H groups in total. The van der Waals surface area contributed by atoms with Crippen molar-refractivity contribution in [1.29, 1.82) is 0 Å². The zero-order chi connectivity index (χ0) is 20.9. The van der Waals surface area contributed by atoms with Crippen LogP contribution in [0.2, 0.25) is 0 Å². The molecule has 8 nitrogen and oxygen atoms in total. The van der Waals surface area contributed by atoms with E-state index in [0.717, 1.165) is 12.8 Å². The molecule has 2 aliphatic heterocycles. The molecule has 0 aromatic heterocycles. The fourth-order valence-corrected chi connectivity index (χ4v) is 7.31. The van der Waals surface area contributed by atoms with E-state index in [2.05, 4.69) is 0 Å². The lowest BCUT2D eigenvalue weighted by Gasteiger charge is -2.33. The topological polar surface area (TPSA) is 109 Å². The van der Waals surface area contributed by atoms with Gasteiger partial charge < -0.3 is 9.80 Å². The normalized spacial score (nSPS) is 25.5. The Balaban J connectivity index is 2.20. The van der Waals surface area contributed by atoms with Gasteiger partial charge in [0.05, 0.1) is 23.0 Å². The van der Waals surface area contributed by atoms with Crippen LogP contribution in [0, 0.1) is 0 Å². The molecular formula is C18H32N2O6S2. The minimum absolute atomic E-state index is 0.0299. The zero-order valence-corrected chi connectivity index (χ0v) is 18.4. The maximum absolute atomic E-state index is 13.1. The Morgan fingerprint density at radius 3 is 1.36 bits per heavy atom. The first kappa shape index (κ1) is 23.1. The third-order valence-electron chi connectivity index (χ3n) is 5.51. The van der Waals surface area contributed by atoms with Crippen LogP contribution in [0.5, 0.6) is 0 Å². The smallest absolute Gasteiger partial charge is 0.312 e. The lowest BCUT2D eigenvalue weighted by atomic mass is 10.1. The number of nitrogens with zero attached hydrogens (tertiary/aromatic N) is 2. The summed E-state index contributed by atoms with van der Waals surface area (Å²) < 4.78 is 47.5. The van der Waals surface area contributed by atoms with Gasteiger partial charge in [0.2, 0.25) is 0 Å². The van der Waals surface area contributed by atoms with Crippen molar-refractivity contribution in [2.24, 2.45) is 0 Å². The maximum atomic E-state index is 13.1. The third-order valence-corrected chi connectivity index (χ3v) is 9.01. The summed E-state index contributed by atoms with van der Waals surface area (Å²) in [5.74, 6) is -1.55. The Morgan fingerprint density at radius 2 is 1.11 bits per heavy atom. The van der Waals surface area contributed by atoms with E-state index >= 15 is 0 Å². The van der Waals surface area contributed by atoms with Crippen molar-refractivity contribution in [1.82, 2.24) is 9.80 Å². The molecule has 2 saturated heterocycles. The Labute approximate surface area is 168 Å². The molecule has 0 bridgehead atoms. The summed E-state index contributed by atoms with van der Waals surface area (Å²) in [5, 5.41) is 0. The molecule has 2 amide bonds. The second-order valence-electron chi connectivity index (χ2n) is 7.82. The van der Waals surface area contributed by atoms with Gasteiger partial charge in [0.1, 0.15) is 0 Å². The summed E-state index contributed by atoms with van der Waals surface area (Å²) >= 11 is 0. The first-order chi connectivity index (χ1) is 13.1. The van der Waals surface area contributed by atoms with Crippen molar-refractivity contribution >= 4 is 31.5 Å². The average molecular weight is 437 g/mol. The number of sulfone groups is 2. The third kappa shape index (κ3) is 5.92. The predicted molar refractivity (Wildman–Crippen MR) is 107 cm³/mol. The standard InChI is InChI=1S/C18H32N2O6S2/c1-3-5-9-19(15-7-11-27(23,24)13-15)17(21)18(22)20(10-6-4-2)16-8-12-28(25,26)14-16/h15-16H,3-14H2,1-2H3/t15-,16-/m0/s1. The molecule has 162 valence electrons. The van der Waals surface area contributed by atoms with E-state index in [-0.39, 0.29) is 23.0 Å². The summed E-state index contributed by atoms with van der Waals surface area (Å²) in [7, 11) is -6.38. The molecule has 0 unspecified atom stereocenters. The van der Waals surface area contributed by atoms with Crippen molar-refractivity contribution in [2.45, 2.75) is 64.5 Å². The highest BCUT2D eigenvalue weighted by atomic mass is 32.2. The van der Waals surface area contributed by atoms with Gasteiger partial charge in [-0.15, -0.1) is 0 Å². The molecule has 0 radical (unpaired) electrons. The van der Waals surface area contributed by atoms with Crippen molar-refractivity contribution in [3.63, 3.8) is 0 Å². The molecule has 28 heavy (non-hydrogen) atoms. The number of carbonyl (C=O) groups excluding carboxylic acids is 2. The summed E-state index contributed by atoms with van der Waals surface area (Å²) in [4.78, 5) is 29.0. The molecule has 0 aromatic carbocycles. The Kier molecular flexibility index (Phi) is 7.89. The Morgan fingerprint density at radius 1 is 0.750 bits per heavy atom. The van der Waals surface area contributed by atoms with Crippen LogP contribution < -0.4 is 0 Å². The highest BCUT2D eigenvalue weighted by Crippen LogP contribution is 2.22. The van der Waals surface area contributed by atoms with Crippen molar-refractivity contribution in [2.75, 3.05) is 36.1 Å². The molecule has 2 fully saturated rings. The first-order valence-corrected chi connectivity index (χ1v) is 13.8. The summed E-state index contributed by atoms with van der Waals surface area (Å²) in [6.07, 6.45) is 3.69. The second kappa shape index (κ2) is 9.56. The van der Waals surface area contributed by atoms with Gasteiger partial charge in [0.25, 0.3) is 0 Å². The van der Waals surface area contributed by atoms with Gasteiger partial charge in [-0.1, -0.05) is 26.7 Å². The van der Waals surface area contributed by atoms with Gasteiger partial charge in [0.15, 0.2) is 19.7 Å². The highest BCUT2D eigenvalue weighted by Gasteiger charge is 2.41. The largest absolute Gasteiger partial charge is 0.330 e. The quantitative estimate of drug-likeness (QED) is 0.516. The number of hydrogen-bond donors (Lipinski definition) is 0. The zero-order valence-electron chi connectivity index (χ0n) is 16.8. The fraction of sp³-hybridized carbons (Fsp3) is 0.889. The van der Waals surface area contributed by atoms with Crippen LogP contribution in [0.4, 0.5) is 0 Å². The maximum Gasteiger partial charge on any atom is 0.312 e. The van der Waals surface area contributed by atoms with Gasteiger partial charge in [-0.3, -0.25) is 9.59 Å². The lowest BCUT2D eigenvalue weighted by molar-refractivity contribution is -0.154. The molecule has 0 aromatic rings. The van der Waals surface area contributed by atoms with Gasteiger partial charge in [-0.2, -0.15) is 0 Å². The fourth-order valence-electron chi connectivity index (χ4n) is 3.84. The van der Waals surface area contributed by atoms with Gasteiger partial charge in [-0.05, 0) is 25.7 Å². The van der Waals surface area contributed by atoms with E-state index in [1.807, 2.05) is 13.8 Å². The van der Waals surface area contributed by atoms with Crippen molar-refractivity contribution in [3.05, 3.63) is 0 Å².